The van der Waals surface area contributed by atoms with E-state index in [0.717, 1.165) is 29.7 Å². The molecule has 0 aromatic carbocycles. The molecule has 1 aromatic heterocycles. The first kappa shape index (κ1) is 11.8. The molecular weight excluding hydrogens is 224 g/mol. The van der Waals surface area contributed by atoms with Crippen LogP contribution in [0.4, 0.5) is 11.6 Å². The second-order valence-corrected chi connectivity index (χ2v) is 5.87. The normalized spacial score (nSPS) is 19.7. The predicted octanol–water partition coefficient (Wildman–Crippen LogP) is 2.48. The van der Waals surface area contributed by atoms with Crippen LogP contribution in [0.15, 0.2) is 0 Å². The fraction of sp³-hybridized carbons (Fsp3) is 0.714. The van der Waals surface area contributed by atoms with Crippen molar-refractivity contribution in [2.24, 2.45) is 5.92 Å². The zero-order valence-electron chi connectivity index (χ0n) is 11.3. The van der Waals surface area contributed by atoms with Gasteiger partial charge in [-0.25, -0.2) is 9.97 Å². The molecule has 1 aromatic rings. The summed E-state index contributed by atoms with van der Waals surface area (Å²) in [6.07, 6.45) is 6.54. The molecule has 0 saturated heterocycles. The topological polar surface area (TPSA) is 55.0 Å². The van der Waals surface area contributed by atoms with Crippen molar-refractivity contribution in [3.8, 4) is 0 Å². The lowest BCUT2D eigenvalue weighted by molar-refractivity contribution is 0.321. The van der Waals surface area contributed by atoms with Gasteiger partial charge in [-0.15, -0.1) is 0 Å². The second kappa shape index (κ2) is 4.41. The van der Waals surface area contributed by atoms with Gasteiger partial charge in [0.25, 0.3) is 0 Å². The van der Waals surface area contributed by atoms with Gasteiger partial charge in [0.1, 0.15) is 17.5 Å². The molecule has 2 saturated carbocycles. The number of anilines is 2. The highest BCUT2D eigenvalue weighted by Gasteiger charge is 2.29. The highest BCUT2D eigenvalue weighted by Crippen LogP contribution is 2.39. The molecule has 98 valence electrons. The quantitative estimate of drug-likeness (QED) is 0.886. The van der Waals surface area contributed by atoms with Crippen LogP contribution in [0.25, 0.3) is 0 Å². The average Bonchev–Trinajstić information content (AvgIpc) is 3.10. The van der Waals surface area contributed by atoms with Crippen LogP contribution in [0.1, 0.15) is 49.4 Å². The third-order valence-corrected chi connectivity index (χ3v) is 4.24. The Kier molecular flexibility index (Phi) is 2.88. The van der Waals surface area contributed by atoms with Crippen LogP contribution >= 0.6 is 0 Å². The Labute approximate surface area is 109 Å². The summed E-state index contributed by atoms with van der Waals surface area (Å²) in [7, 11) is 2.13. The summed E-state index contributed by atoms with van der Waals surface area (Å²) in [6, 6.07) is 0. The van der Waals surface area contributed by atoms with E-state index in [1.165, 1.54) is 32.1 Å². The highest BCUT2D eigenvalue weighted by atomic mass is 15.2. The summed E-state index contributed by atoms with van der Waals surface area (Å²) < 4.78 is 0. The molecule has 2 aliphatic carbocycles. The second-order valence-electron chi connectivity index (χ2n) is 5.87. The fourth-order valence-electron chi connectivity index (χ4n) is 2.58. The third-order valence-electron chi connectivity index (χ3n) is 4.24. The van der Waals surface area contributed by atoms with Crippen LogP contribution in [0, 0.1) is 12.8 Å². The molecule has 2 fully saturated rings. The molecule has 18 heavy (non-hydrogen) atoms. The summed E-state index contributed by atoms with van der Waals surface area (Å²) in [5.74, 6) is 4.05. The standard InChI is InChI=1S/C14H22N4/c1-9-12(15)16-13(11-6-7-11)17-14(9)18(2)8-10-4-3-5-10/h10-11H,3-8H2,1-2H3,(H2,15,16,17). The molecule has 0 bridgehead atoms. The number of hydrogen-bond acceptors (Lipinski definition) is 4. The molecule has 3 rings (SSSR count). The lowest BCUT2D eigenvalue weighted by Crippen LogP contribution is -2.30. The van der Waals surface area contributed by atoms with Crippen LogP contribution < -0.4 is 10.6 Å². The SMILES string of the molecule is Cc1c(N)nc(C2CC2)nc1N(C)CC1CCC1. The first-order chi connectivity index (χ1) is 8.65. The van der Waals surface area contributed by atoms with Gasteiger partial charge < -0.3 is 10.6 Å². The molecule has 0 amide bonds. The molecule has 2 N–H and O–H groups in total. The summed E-state index contributed by atoms with van der Waals surface area (Å²) in [4.78, 5) is 11.4. The summed E-state index contributed by atoms with van der Waals surface area (Å²) >= 11 is 0. The van der Waals surface area contributed by atoms with Crippen molar-refractivity contribution in [2.75, 3.05) is 24.2 Å². The van der Waals surface area contributed by atoms with E-state index in [4.69, 9.17) is 10.7 Å². The summed E-state index contributed by atoms with van der Waals surface area (Å²) in [6.45, 7) is 3.13. The monoisotopic (exact) mass is 246 g/mol. The van der Waals surface area contributed by atoms with Crippen molar-refractivity contribution in [1.82, 2.24) is 9.97 Å². The lowest BCUT2D eigenvalue weighted by atomic mass is 9.85. The molecular formula is C14H22N4. The maximum Gasteiger partial charge on any atom is 0.137 e. The zero-order valence-corrected chi connectivity index (χ0v) is 11.3. The van der Waals surface area contributed by atoms with Crippen LogP contribution in [-0.4, -0.2) is 23.6 Å². The minimum absolute atomic E-state index is 0.559. The van der Waals surface area contributed by atoms with Crippen molar-refractivity contribution in [3.05, 3.63) is 11.4 Å². The van der Waals surface area contributed by atoms with Crippen molar-refractivity contribution in [3.63, 3.8) is 0 Å². The molecule has 1 heterocycles. The Morgan fingerprint density at radius 3 is 2.50 bits per heavy atom. The van der Waals surface area contributed by atoms with E-state index in [0.29, 0.717) is 11.7 Å². The van der Waals surface area contributed by atoms with E-state index in [9.17, 15) is 0 Å². The number of nitrogens with zero attached hydrogens (tertiary/aromatic N) is 3. The minimum Gasteiger partial charge on any atom is -0.383 e. The van der Waals surface area contributed by atoms with Crippen molar-refractivity contribution < 1.29 is 0 Å². The Bertz CT molecular complexity index is 449. The molecule has 4 nitrogen and oxygen atoms in total. The predicted molar refractivity (Wildman–Crippen MR) is 73.8 cm³/mol. The van der Waals surface area contributed by atoms with Crippen LogP contribution in [0.2, 0.25) is 0 Å². The number of nitrogen functional groups attached to an aromatic ring is 1. The van der Waals surface area contributed by atoms with Gasteiger partial charge in [0.05, 0.1) is 0 Å². The number of aromatic nitrogens is 2. The van der Waals surface area contributed by atoms with Gasteiger partial charge >= 0.3 is 0 Å². The molecule has 0 unspecified atom stereocenters. The molecule has 0 radical (unpaired) electrons. The van der Waals surface area contributed by atoms with E-state index in [-0.39, 0.29) is 0 Å². The van der Waals surface area contributed by atoms with Gasteiger partial charge in [-0.2, -0.15) is 0 Å². The van der Waals surface area contributed by atoms with E-state index >= 15 is 0 Å². The van der Waals surface area contributed by atoms with Crippen LogP contribution in [0.5, 0.6) is 0 Å². The maximum atomic E-state index is 6.02. The largest absolute Gasteiger partial charge is 0.383 e. The third kappa shape index (κ3) is 2.16. The Morgan fingerprint density at radius 1 is 1.22 bits per heavy atom. The van der Waals surface area contributed by atoms with Gasteiger partial charge in [-0.3, -0.25) is 0 Å². The molecule has 0 spiro atoms. The Balaban J connectivity index is 1.83. The first-order valence-electron chi connectivity index (χ1n) is 7.00. The molecule has 0 atom stereocenters. The van der Waals surface area contributed by atoms with Gasteiger partial charge in [-0.1, -0.05) is 6.42 Å². The summed E-state index contributed by atoms with van der Waals surface area (Å²) in [5, 5.41) is 0. The van der Waals surface area contributed by atoms with E-state index in [1.807, 2.05) is 6.92 Å². The zero-order chi connectivity index (χ0) is 12.7. The molecule has 0 aliphatic heterocycles. The van der Waals surface area contributed by atoms with Crippen LogP contribution in [-0.2, 0) is 0 Å². The van der Waals surface area contributed by atoms with E-state index in [2.05, 4.69) is 16.9 Å². The fourth-order valence-corrected chi connectivity index (χ4v) is 2.58. The Morgan fingerprint density at radius 2 is 1.94 bits per heavy atom. The number of nitrogens with two attached hydrogens (primary N) is 1. The van der Waals surface area contributed by atoms with Crippen molar-refractivity contribution in [2.45, 2.75) is 44.9 Å². The smallest absolute Gasteiger partial charge is 0.137 e. The maximum absolute atomic E-state index is 6.02. The number of rotatable bonds is 4. The van der Waals surface area contributed by atoms with Gasteiger partial charge in [-0.05, 0) is 38.5 Å². The van der Waals surface area contributed by atoms with Gasteiger partial charge in [0.2, 0.25) is 0 Å². The minimum atomic E-state index is 0.559. The Hall–Kier alpha value is -1.32. The highest BCUT2D eigenvalue weighted by molar-refractivity contribution is 5.56. The first-order valence-corrected chi connectivity index (χ1v) is 7.00. The van der Waals surface area contributed by atoms with E-state index in [1.54, 1.807) is 0 Å². The van der Waals surface area contributed by atoms with Gasteiger partial charge in [0.15, 0.2) is 0 Å². The van der Waals surface area contributed by atoms with E-state index < -0.39 is 0 Å². The molecule has 4 heteroatoms. The van der Waals surface area contributed by atoms with Crippen LogP contribution in [0.3, 0.4) is 0 Å². The van der Waals surface area contributed by atoms with Gasteiger partial charge in [0, 0.05) is 25.1 Å². The van der Waals surface area contributed by atoms with Crippen molar-refractivity contribution >= 4 is 11.6 Å². The lowest BCUT2D eigenvalue weighted by Gasteiger charge is -2.31. The van der Waals surface area contributed by atoms with Crippen molar-refractivity contribution in [1.29, 1.82) is 0 Å². The molecule has 2 aliphatic rings. The summed E-state index contributed by atoms with van der Waals surface area (Å²) in [5.41, 5.74) is 7.05. The average molecular weight is 246 g/mol. The number of hydrogen-bond donors (Lipinski definition) is 1.